The van der Waals surface area contributed by atoms with Crippen LogP contribution in [-0.4, -0.2) is 49.9 Å². The summed E-state index contributed by atoms with van der Waals surface area (Å²) in [6, 6.07) is 0. The normalized spacial score (nSPS) is 13.7. The Kier molecular flexibility index (Phi) is 43.8. The van der Waals surface area contributed by atoms with Crippen LogP contribution in [0.25, 0.3) is 0 Å². The largest absolute Gasteiger partial charge is 0.472 e. The van der Waals surface area contributed by atoms with Crippen LogP contribution >= 0.6 is 7.82 Å². The van der Waals surface area contributed by atoms with E-state index >= 15 is 0 Å². The summed E-state index contributed by atoms with van der Waals surface area (Å²) < 4.78 is 33.5. The number of allylic oxidation sites excluding steroid dienone is 6. The number of rotatable bonds is 45. The second-order valence-corrected chi connectivity index (χ2v) is 17.1. The smallest absolute Gasteiger partial charge is 0.457 e. The van der Waals surface area contributed by atoms with Crippen LogP contribution in [0.1, 0.15) is 219 Å². The molecule has 330 valence electrons. The monoisotopic (exact) mass is 812 g/mol. The highest BCUT2D eigenvalue weighted by atomic mass is 31.2. The van der Waals surface area contributed by atoms with Crippen molar-refractivity contribution in [3.8, 4) is 0 Å². The van der Waals surface area contributed by atoms with Crippen LogP contribution in [0.4, 0.5) is 0 Å². The van der Waals surface area contributed by atoms with Crippen molar-refractivity contribution in [1.82, 2.24) is 0 Å². The number of nitrogens with two attached hydrogens (primary N) is 1. The molecule has 0 radical (unpaired) electrons. The maximum atomic E-state index is 12.6. The number of unbranched alkanes of at least 4 members (excludes halogenated alkanes) is 26. The number of phosphoric ester groups is 1. The van der Waals surface area contributed by atoms with E-state index in [2.05, 4.69) is 50.3 Å². The number of hydrogen-bond donors (Lipinski definition) is 2. The Balaban J connectivity index is 3.96. The van der Waals surface area contributed by atoms with Crippen LogP contribution in [0.15, 0.2) is 36.5 Å². The van der Waals surface area contributed by atoms with E-state index in [9.17, 15) is 14.3 Å². The third kappa shape index (κ3) is 43.8. The van der Waals surface area contributed by atoms with E-state index in [4.69, 9.17) is 24.3 Å². The van der Waals surface area contributed by atoms with Crippen LogP contribution in [-0.2, 0) is 27.9 Å². The maximum Gasteiger partial charge on any atom is 0.472 e. The van der Waals surface area contributed by atoms with Crippen molar-refractivity contribution in [2.45, 2.75) is 225 Å². The predicted octanol–water partition coefficient (Wildman–Crippen LogP) is 14.2. The molecule has 0 aromatic rings. The van der Waals surface area contributed by atoms with Gasteiger partial charge in [0.05, 0.1) is 19.8 Å². The molecule has 56 heavy (non-hydrogen) atoms. The number of phosphoric acid groups is 1. The standard InChI is InChI=1S/C47H90NO7P/c1-3-5-7-9-11-13-15-17-19-21-22-23-24-25-26-28-30-32-34-36-38-40-47(49)55-46(45-54-56(50,51)53-43-41-48)44-52-42-39-37-35-33-31-29-27-20-18-16-14-12-10-8-6-4-2/h6,8,12,14,18,20,46H,3-5,7,9-11,13,15-17,19,21-45,48H2,1-2H3,(H,50,51)/b8-6-,14-12-,20-18-. The Labute approximate surface area is 346 Å². The average Bonchev–Trinajstić information content (AvgIpc) is 3.19. The summed E-state index contributed by atoms with van der Waals surface area (Å²) in [5.74, 6) is -0.332. The summed E-state index contributed by atoms with van der Waals surface area (Å²) in [5.41, 5.74) is 5.38. The first-order chi connectivity index (χ1) is 27.4. The molecule has 8 nitrogen and oxygen atoms in total. The predicted molar refractivity (Wildman–Crippen MR) is 238 cm³/mol. The molecule has 0 saturated carbocycles. The van der Waals surface area contributed by atoms with E-state index in [1.165, 1.54) is 135 Å². The van der Waals surface area contributed by atoms with E-state index in [0.29, 0.717) is 13.0 Å². The van der Waals surface area contributed by atoms with Gasteiger partial charge in [0.1, 0.15) is 6.10 Å². The van der Waals surface area contributed by atoms with Crippen molar-refractivity contribution < 1.29 is 32.8 Å². The molecule has 0 amide bonds. The van der Waals surface area contributed by atoms with Gasteiger partial charge in [-0.3, -0.25) is 13.8 Å². The van der Waals surface area contributed by atoms with E-state index in [1.54, 1.807) is 0 Å². The van der Waals surface area contributed by atoms with Crippen LogP contribution < -0.4 is 5.73 Å². The summed E-state index contributed by atoms with van der Waals surface area (Å²) in [4.78, 5) is 22.5. The fraction of sp³-hybridized carbons (Fsp3) is 0.851. The number of esters is 1. The topological polar surface area (TPSA) is 117 Å². The zero-order valence-electron chi connectivity index (χ0n) is 36.6. The summed E-state index contributed by atoms with van der Waals surface area (Å²) in [6.07, 6.45) is 51.7. The molecule has 3 N–H and O–H groups in total. The van der Waals surface area contributed by atoms with Gasteiger partial charge in [-0.1, -0.05) is 204 Å². The van der Waals surface area contributed by atoms with Gasteiger partial charge in [-0.25, -0.2) is 4.57 Å². The first-order valence-electron chi connectivity index (χ1n) is 23.5. The molecule has 0 rings (SSSR count). The third-order valence-electron chi connectivity index (χ3n) is 10.1. The lowest BCUT2D eigenvalue weighted by Gasteiger charge is -2.20. The van der Waals surface area contributed by atoms with Gasteiger partial charge in [0, 0.05) is 19.6 Å². The Hall–Kier alpha value is -1.28. The van der Waals surface area contributed by atoms with Crippen LogP contribution in [0, 0.1) is 0 Å². The van der Waals surface area contributed by atoms with Gasteiger partial charge in [0.2, 0.25) is 0 Å². The van der Waals surface area contributed by atoms with E-state index in [-0.39, 0.29) is 32.3 Å². The van der Waals surface area contributed by atoms with Crippen molar-refractivity contribution in [3.63, 3.8) is 0 Å². The van der Waals surface area contributed by atoms with Gasteiger partial charge in [-0.15, -0.1) is 0 Å². The summed E-state index contributed by atoms with van der Waals surface area (Å²) >= 11 is 0. The van der Waals surface area contributed by atoms with E-state index < -0.39 is 13.9 Å². The molecule has 0 spiro atoms. The molecular weight excluding hydrogens is 721 g/mol. The SMILES string of the molecule is CC/C=C\C/C=C\C/C=C\CCCCCCCCOCC(COP(=O)(O)OCCN)OC(=O)CCCCCCCCCCCCCCCCCCCCCCC. The minimum absolute atomic E-state index is 0.0973. The van der Waals surface area contributed by atoms with Gasteiger partial charge >= 0.3 is 13.8 Å². The van der Waals surface area contributed by atoms with Crippen molar-refractivity contribution in [3.05, 3.63) is 36.5 Å². The highest BCUT2D eigenvalue weighted by Crippen LogP contribution is 2.43. The molecule has 0 aliphatic carbocycles. The van der Waals surface area contributed by atoms with Crippen molar-refractivity contribution in [1.29, 1.82) is 0 Å². The summed E-state index contributed by atoms with van der Waals surface area (Å²) in [5, 5.41) is 0. The van der Waals surface area contributed by atoms with Crippen LogP contribution in [0.2, 0.25) is 0 Å². The summed E-state index contributed by atoms with van der Waals surface area (Å²) in [7, 11) is -4.28. The number of hydrogen-bond acceptors (Lipinski definition) is 7. The molecule has 0 aromatic carbocycles. The lowest BCUT2D eigenvalue weighted by atomic mass is 10.0. The van der Waals surface area contributed by atoms with E-state index in [1.807, 2.05) is 0 Å². The number of ether oxygens (including phenoxy) is 2. The first-order valence-corrected chi connectivity index (χ1v) is 25.0. The average molecular weight is 812 g/mol. The minimum Gasteiger partial charge on any atom is -0.457 e. The van der Waals surface area contributed by atoms with Gasteiger partial charge in [0.25, 0.3) is 0 Å². The van der Waals surface area contributed by atoms with Crippen molar-refractivity contribution in [2.75, 3.05) is 33.0 Å². The zero-order valence-corrected chi connectivity index (χ0v) is 37.5. The lowest BCUT2D eigenvalue weighted by Crippen LogP contribution is -2.28. The first kappa shape index (κ1) is 54.7. The van der Waals surface area contributed by atoms with Gasteiger partial charge in [-0.05, 0) is 44.9 Å². The molecular formula is C47H90NO7P. The number of carbonyl (C=O) groups excluding carboxylic acids is 1. The van der Waals surface area contributed by atoms with Crippen LogP contribution in [0.5, 0.6) is 0 Å². The molecule has 2 unspecified atom stereocenters. The molecule has 0 aromatic heterocycles. The maximum absolute atomic E-state index is 12.6. The van der Waals surface area contributed by atoms with Gasteiger partial charge in [0.15, 0.2) is 0 Å². The van der Waals surface area contributed by atoms with E-state index in [0.717, 1.165) is 64.2 Å². The minimum atomic E-state index is -4.28. The molecule has 0 heterocycles. The van der Waals surface area contributed by atoms with Crippen molar-refractivity contribution in [2.24, 2.45) is 5.73 Å². The zero-order chi connectivity index (χ0) is 40.9. The van der Waals surface area contributed by atoms with Gasteiger partial charge in [-0.2, -0.15) is 0 Å². The quantitative estimate of drug-likeness (QED) is 0.0270. The molecule has 0 bridgehead atoms. The number of carbonyl (C=O) groups is 1. The fourth-order valence-corrected chi connectivity index (χ4v) is 7.43. The summed E-state index contributed by atoms with van der Waals surface area (Å²) in [6.45, 7) is 4.82. The molecule has 0 fully saturated rings. The fourth-order valence-electron chi connectivity index (χ4n) is 6.66. The van der Waals surface area contributed by atoms with Gasteiger partial charge < -0.3 is 20.1 Å². The Morgan fingerprint density at radius 3 is 1.50 bits per heavy atom. The Morgan fingerprint density at radius 1 is 0.554 bits per heavy atom. The molecule has 0 aliphatic rings. The molecule has 2 atom stereocenters. The highest BCUT2D eigenvalue weighted by molar-refractivity contribution is 7.47. The molecule has 9 heteroatoms. The highest BCUT2D eigenvalue weighted by Gasteiger charge is 2.25. The Morgan fingerprint density at radius 2 is 1.00 bits per heavy atom. The van der Waals surface area contributed by atoms with Crippen LogP contribution in [0.3, 0.4) is 0 Å². The molecule has 0 saturated heterocycles. The second kappa shape index (κ2) is 44.8. The second-order valence-electron chi connectivity index (χ2n) is 15.6. The third-order valence-corrected chi connectivity index (χ3v) is 11.1. The molecule has 0 aliphatic heterocycles. The lowest BCUT2D eigenvalue weighted by molar-refractivity contribution is -0.154. The Bertz CT molecular complexity index is 957. The van der Waals surface area contributed by atoms with Crippen molar-refractivity contribution >= 4 is 13.8 Å².